The van der Waals surface area contributed by atoms with E-state index in [2.05, 4.69) is 10.6 Å². The molecule has 3 amide bonds. The summed E-state index contributed by atoms with van der Waals surface area (Å²) in [4.78, 5) is 26.7. The van der Waals surface area contributed by atoms with Gasteiger partial charge in [-0.3, -0.25) is 4.79 Å². The molecule has 1 saturated heterocycles. The van der Waals surface area contributed by atoms with E-state index >= 15 is 0 Å². The smallest absolute Gasteiger partial charge is 0.322 e. The maximum Gasteiger partial charge on any atom is 0.322 e. The predicted octanol–water partition coefficient (Wildman–Crippen LogP) is 3.11. The van der Waals surface area contributed by atoms with Gasteiger partial charge >= 0.3 is 6.03 Å². The fourth-order valence-corrected chi connectivity index (χ4v) is 3.33. The summed E-state index contributed by atoms with van der Waals surface area (Å²) in [5.74, 6) is -0.0110. The van der Waals surface area contributed by atoms with Gasteiger partial charge in [0.25, 0.3) is 0 Å². The second-order valence-corrected chi connectivity index (χ2v) is 6.59. The largest absolute Gasteiger partial charge is 0.352 e. The van der Waals surface area contributed by atoms with E-state index in [1.54, 1.807) is 4.90 Å². The molecule has 1 heterocycles. The van der Waals surface area contributed by atoms with Gasteiger partial charge in [-0.2, -0.15) is 0 Å². The highest BCUT2D eigenvalue weighted by Gasteiger charge is 2.36. The summed E-state index contributed by atoms with van der Waals surface area (Å²) in [6, 6.07) is 13.6. The Bertz CT molecular complexity index is 780. The van der Waals surface area contributed by atoms with Crippen LogP contribution in [0.25, 0.3) is 10.8 Å². The maximum absolute atomic E-state index is 12.7. The Morgan fingerprint density at radius 2 is 1.79 bits per heavy atom. The van der Waals surface area contributed by atoms with Gasteiger partial charge in [0.2, 0.25) is 5.91 Å². The molecule has 0 spiro atoms. The monoisotopic (exact) mass is 323 g/mol. The zero-order chi connectivity index (χ0) is 16.5. The molecule has 2 aromatic rings. The van der Waals surface area contributed by atoms with Gasteiger partial charge < -0.3 is 15.5 Å². The molecule has 2 aliphatic rings. The van der Waals surface area contributed by atoms with E-state index < -0.39 is 0 Å². The molecule has 5 heteroatoms. The zero-order valence-electron chi connectivity index (χ0n) is 13.5. The fraction of sp³-hybridized carbons (Fsp3) is 0.368. The molecule has 5 nitrogen and oxygen atoms in total. The molecule has 1 aliphatic heterocycles. The number of nitrogens with one attached hydrogen (secondary N) is 2. The van der Waals surface area contributed by atoms with Crippen molar-refractivity contribution in [2.45, 2.75) is 37.8 Å². The number of likely N-dealkylation sites (tertiary alicyclic amines) is 1. The average Bonchev–Trinajstić information content (AvgIpc) is 3.26. The van der Waals surface area contributed by atoms with Crippen LogP contribution < -0.4 is 10.6 Å². The molecule has 24 heavy (non-hydrogen) atoms. The SMILES string of the molecule is O=C(NC1CC1)C1CCCN1C(=O)Nc1cccc2ccccc12. The maximum atomic E-state index is 12.7. The van der Waals surface area contributed by atoms with Gasteiger partial charge in [0, 0.05) is 18.0 Å². The highest BCUT2D eigenvalue weighted by molar-refractivity contribution is 6.02. The summed E-state index contributed by atoms with van der Waals surface area (Å²) >= 11 is 0. The number of amides is 3. The summed E-state index contributed by atoms with van der Waals surface area (Å²) in [5, 5.41) is 8.09. The van der Waals surface area contributed by atoms with Crippen molar-refractivity contribution >= 4 is 28.4 Å². The lowest BCUT2D eigenvalue weighted by atomic mass is 10.1. The zero-order valence-corrected chi connectivity index (χ0v) is 13.5. The second-order valence-electron chi connectivity index (χ2n) is 6.59. The van der Waals surface area contributed by atoms with Crippen LogP contribution in [0.3, 0.4) is 0 Å². The molecule has 0 aromatic heterocycles. The van der Waals surface area contributed by atoms with Crippen LogP contribution in [-0.4, -0.2) is 35.5 Å². The molecule has 2 N–H and O–H groups in total. The minimum Gasteiger partial charge on any atom is -0.352 e. The van der Waals surface area contributed by atoms with Crippen LogP contribution in [-0.2, 0) is 4.79 Å². The van der Waals surface area contributed by atoms with Crippen LogP contribution >= 0.6 is 0 Å². The topological polar surface area (TPSA) is 61.4 Å². The molecule has 2 aromatic carbocycles. The quantitative estimate of drug-likeness (QED) is 0.912. The van der Waals surface area contributed by atoms with Crippen molar-refractivity contribution < 1.29 is 9.59 Å². The summed E-state index contributed by atoms with van der Waals surface area (Å²) < 4.78 is 0. The van der Waals surface area contributed by atoms with Crippen molar-refractivity contribution in [2.24, 2.45) is 0 Å². The van der Waals surface area contributed by atoms with Crippen molar-refractivity contribution in [3.05, 3.63) is 42.5 Å². The highest BCUT2D eigenvalue weighted by atomic mass is 16.2. The number of hydrogen-bond acceptors (Lipinski definition) is 2. The molecule has 4 rings (SSSR count). The van der Waals surface area contributed by atoms with E-state index in [-0.39, 0.29) is 18.0 Å². The van der Waals surface area contributed by atoms with Crippen LogP contribution in [0.15, 0.2) is 42.5 Å². The molecular weight excluding hydrogens is 302 g/mol. The minimum absolute atomic E-state index is 0.0110. The Balaban J connectivity index is 1.51. The van der Waals surface area contributed by atoms with Crippen LogP contribution in [0.5, 0.6) is 0 Å². The van der Waals surface area contributed by atoms with Crippen molar-refractivity contribution in [1.29, 1.82) is 0 Å². The fourth-order valence-electron chi connectivity index (χ4n) is 3.33. The summed E-state index contributed by atoms with van der Waals surface area (Å²) in [6.07, 6.45) is 3.72. The standard InChI is InChI=1S/C19H21N3O2/c23-18(20-14-10-11-14)17-9-4-12-22(17)19(24)21-16-8-3-6-13-5-1-2-7-15(13)16/h1-3,5-8,14,17H,4,9-12H2,(H,20,23)(H,21,24). The van der Waals surface area contributed by atoms with Crippen LogP contribution in [0.4, 0.5) is 10.5 Å². The van der Waals surface area contributed by atoms with E-state index in [0.29, 0.717) is 12.6 Å². The van der Waals surface area contributed by atoms with E-state index in [1.165, 1.54) is 0 Å². The third-order valence-electron chi connectivity index (χ3n) is 4.77. The van der Waals surface area contributed by atoms with E-state index in [0.717, 1.165) is 42.1 Å². The predicted molar refractivity (Wildman–Crippen MR) is 93.9 cm³/mol. The normalized spacial score (nSPS) is 20.2. The Morgan fingerprint density at radius 3 is 2.62 bits per heavy atom. The van der Waals surface area contributed by atoms with Gasteiger partial charge in [-0.15, -0.1) is 0 Å². The number of urea groups is 1. The van der Waals surface area contributed by atoms with Crippen molar-refractivity contribution in [3.63, 3.8) is 0 Å². The van der Waals surface area contributed by atoms with E-state index in [1.807, 2.05) is 42.5 Å². The minimum atomic E-state index is -0.347. The summed E-state index contributed by atoms with van der Waals surface area (Å²) in [5.41, 5.74) is 0.784. The first-order valence-electron chi connectivity index (χ1n) is 8.58. The first kappa shape index (κ1) is 15.0. The lowest BCUT2D eigenvalue weighted by Gasteiger charge is -2.24. The number of carbonyl (C=O) groups excluding carboxylic acids is 2. The van der Waals surface area contributed by atoms with Gasteiger partial charge in [-0.1, -0.05) is 36.4 Å². The molecule has 1 unspecified atom stereocenters. The van der Waals surface area contributed by atoms with E-state index in [9.17, 15) is 9.59 Å². The van der Waals surface area contributed by atoms with Crippen LogP contribution in [0.2, 0.25) is 0 Å². The number of anilines is 1. The van der Waals surface area contributed by atoms with Gasteiger partial charge in [0.15, 0.2) is 0 Å². The number of rotatable bonds is 3. The number of benzene rings is 2. The van der Waals surface area contributed by atoms with Crippen LogP contribution in [0, 0.1) is 0 Å². The number of carbonyl (C=O) groups is 2. The van der Waals surface area contributed by atoms with Crippen LogP contribution in [0.1, 0.15) is 25.7 Å². The Morgan fingerprint density at radius 1 is 1.00 bits per heavy atom. The lowest BCUT2D eigenvalue weighted by Crippen LogP contribution is -2.48. The van der Waals surface area contributed by atoms with Gasteiger partial charge in [0.05, 0.1) is 5.69 Å². The number of hydrogen-bond donors (Lipinski definition) is 2. The molecule has 2 fully saturated rings. The van der Waals surface area contributed by atoms with Gasteiger partial charge in [-0.25, -0.2) is 4.79 Å². The summed E-state index contributed by atoms with van der Waals surface area (Å²) in [6.45, 7) is 0.624. The Kier molecular flexibility index (Phi) is 3.84. The molecule has 124 valence electrons. The number of fused-ring (bicyclic) bond motifs is 1. The van der Waals surface area contributed by atoms with E-state index in [4.69, 9.17) is 0 Å². The Hall–Kier alpha value is -2.56. The highest BCUT2D eigenvalue weighted by Crippen LogP contribution is 2.26. The number of nitrogens with zero attached hydrogens (tertiary/aromatic N) is 1. The van der Waals surface area contributed by atoms with Crippen molar-refractivity contribution in [3.8, 4) is 0 Å². The molecule has 1 aliphatic carbocycles. The van der Waals surface area contributed by atoms with Crippen molar-refractivity contribution in [1.82, 2.24) is 10.2 Å². The lowest BCUT2D eigenvalue weighted by molar-refractivity contribution is -0.124. The Labute approximate surface area is 141 Å². The molecule has 0 radical (unpaired) electrons. The molecule has 1 atom stereocenters. The average molecular weight is 323 g/mol. The third kappa shape index (κ3) is 2.94. The molecule has 0 bridgehead atoms. The first-order valence-corrected chi connectivity index (χ1v) is 8.58. The molecular formula is C19H21N3O2. The third-order valence-corrected chi connectivity index (χ3v) is 4.77. The first-order chi connectivity index (χ1) is 11.7. The van der Waals surface area contributed by atoms with Gasteiger partial charge in [0.1, 0.15) is 6.04 Å². The van der Waals surface area contributed by atoms with Crippen molar-refractivity contribution in [2.75, 3.05) is 11.9 Å². The second kappa shape index (κ2) is 6.15. The van der Waals surface area contributed by atoms with Gasteiger partial charge in [-0.05, 0) is 37.1 Å². The summed E-state index contributed by atoms with van der Waals surface area (Å²) in [7, 11) is 0. The molecule has 1 saturated carbocycles.